The Morgan fingerprint density at radius 1 is 1.08 bits per heavy atom. The van der Waals surface area contributed by atoms with Gasteiger partial charge in [-0.2, -0.15) is 0 Å². The highest BCUT2D eigenvalue weighted by Gasteiger charge is 2.34. The molecule has 2 aromatic carbocycles. The number of carbonyl (C=O) groups excluding carboxylic acids is 2. The highest BCUT2D eigenvalue weighted by molar-refractivity contribution is 7.15. The molecule has 1 saturated heterocycles. The lowest BCUT2D eigenvalue weighted by atomic mass is 10.0. The molecule has 1 N–H and O–H groups in total. The number of nitrogens with zero attached hydrogens (tertiary/aromatic N) is 3. The van der Waals surface area contributed by atoms with Crippen LogP contribution in [-0.4, -0.2) is 45.6 Å². The van der Waals surface area contributed by atoms with E-state index in [0.29, 0.717) is 30.6 Å². The topological polar surface area (TPSA) is 76.5 Å². The van der Waals surface area contributed by atoms with E-state index >= 15 is 0 Å². The number of hydrogen-bond donors (Lipinski definition) is 1. The van der Waals surface area contributed by atoms with Gasteiger partial charge >= 0.3 is 6.09 Å². The highest BCUT2D eigenvalue weighted by atomic mass is 32.1. The lowest BCUT2D eigenvalue weighted by Crippen LogP contribution is -2.50. The molecule has 7 nitrogen and oxygen atoms in total. The number of aromatic nitrogens is 2. The number of rotatable bonds is 6. The van der Waals surface area contributed by atoms with Gasteiger partial charge in [0.2, 0.25) is 5.88 Å². The normalized spacial score (nSPS) is 17.5. The molecule has 0 unspecified atom stereocenters. The van der Waals surface area contributed by atoms with Gasteiger partial charge in [0.05, 0.1) is 15.4 Å². The molecule has 2 fully saturated rings. The van der Waals surface area contributed by atoms with Crippen LogP contribution in [0, 0.1) is 6.92 Å². The van der Waals surface area contributed by atoms with Gasteiger partial charge in [0.1, 0.15) is 5.69 Å². The zero-order valence-electron chi connectivity index (χ0n) is 21.8. The number of nitrogens with one attached hydrogen (secondary N) is 1. The molecule has 2 amide bonds. The van der Waals surface area contributed by atoms with E-state index in [2.05, 4.69) is 36.5 Å². The third kappa shape index (κ3) is 4.92. The number of thiazole rings is 1. The number of fused-ring (bicyclic) bond motifs is 1. The first-order chi connectivity index (χ1) is 18.5. The van der Waals surface area contributed by atoms with E-state index in [9.17, 15) is 9.59 Å². The number of hydrogen-bond acceptors (Lipinski definition) is 5. The Morgan fingerprint density at radius 2 is 1.87 bits per heavy atom. The van der Waals surface area contributed by atoms with E-state index < -0.39 is 6.09 Å². The van der Waals surface area contributed by atoms with Crippen LogP contribution in [0.25, 0.3) is 21.3 Å². The Hall–Kier alpha value is -3.65. The smallest absolute Gasteiger partial charge is 0.393 e. The number of carbonyl (C=O) groups is 2. The predicted octanol–water partition coefficient (Wildman–Crippen LogP) is 6.27. The van der Waals surface area contributed by atoms with Gasteiger partial charge in [-0.1, -0.05) is 48.0 Å². The highest BCUT2D eigenvalue weighted by Crippen LogP contribution is 2.45. The van der Waals surface area contributed by atoms with Crippen molar-refractivity contribution >= 4 is 34.2 Å². The molecule has 2 aromatic heterocycles. The van der Waals surface area contributed by atoms with E-state index in [4.69, 9.17) is 9.72 Å². The Kier molecular flexibility index (Phi) is 6.66. The molecule has 0 bridgehead atoms. The minimum absolute atomic E-state index is 0.0442. The number of piperidine rings is 1. The van der Waals surface area contributed by atoms with Crippen LogP contribution in [0.4, 0.5) is 4.79 Å². The fourth-order valence-electron chi connectivity index (χ4n) is 5.20. The molecular weight excluding hydrogens is 496 g/mol. The number of para-hydroxylation sites is 1. The summed E-state index contributed by atoms with van der Waals surface area (Å²) >= 11 is 1.65. The van der Waals surface area contributed by atoms with Gasteiger partial charge in [-0.25, -0.2) is 9.78 Å². The van der Waals surface area contributed by atoms with Crippen LogP contribution in [0.15, 0.2) is 54.6 Å². The van der Waals surface area contributed by atoms with Crippen LogP contribution < -0.4 is 10.1 Å². The number of benzene rings is 2. The number of ether oxygens (including phenoxy) is 1. The molecule has 1 atom stereocenters. The summed E-state index contributed by atoms with van der Waals surface area (Å²) in [6.07, 6.45) is 4.57. The SMILES string of the molecule is Cc1ccc(-c2sc(C3CC3)nc2C(=O)N2CCCC[C@H]2CNC(=O)Oc2cc3ccccc3n2C)cc1. The van der Waals surface area contributed by atoms with Crippen molar-refractivity contribution in [3.05, 3.63) is 70.9 Å². The molecule has 0 spiro atoms. The van der Waals surface area contributed by atoms with Gasteiger partial charge < -0.3 is 19.5 Å². The van der Waals surface area contributed by atoms with Crippen molar-refractivity contribution in [2.45, 2.75) is 51.0 Å². The summed E-state index contributed by atoms with van der Waals surface area (Å²) in [5.74, 6) is 0.920. The molecule has 1 aliphatic heterocycles. The van der Waals surface area contributed by atoms with Gasteiger partial charge in [0.15, 0.2) is 0 Å². The average Bonchev–Trinajstić information content (AvgIpc) is 3.62. The van der Waals surface area contributed by atoms with Crippen molar-refractivity contribution < 1.29 is 14.3 Å². The third-order valence-corrected chi connectivity index (χ3v) is 8.83. The van der Waals surface area contributed by atoms with Crippen molar-refractivity contribution in [2.24, 2.45) is 7.05 Å². The van der Waals surface area contributed by atoms with Crippen molar-refractivity contribution in [1.82, 2.24) is 19.8 Å². The quantitative estimate of drug-likeness (QED) is 0.320. The van der Waals surface area contributed by atoms with Gasteiger partial charge in [-0.3, -0.25) is 4.79 Å². The van der Waals surface area contributed by atoms with E-state index in [1.807, 2.05) is 46.8 Å². The molecule has 4 aromatic rings. The van der Waals surface area contributed by atoms with Gasteiger partial charge in [-0.15, -0.1) is 11.3 Å². The molecule has 1 aliphatic carbocycles. The number of amides is 2. The summed E-state index contributed by atoms with van der Waals surface area (Å²) < 4.78 is 7.48. The van der Waals surface area contributed by atoms with Crippen molar-refractivity contribution in [3.63, 3.8) is 0 Å². The fourth-order valence-corrected chi connectivity index (χ4v) is 6.43. The molecular formula is C30H32N4O3S. The molecule has 1 saturated carbocycles. The first-order valence-electron chi connectivity index (χ1n) is 13.4. The van der Waals surface area contributed by atoms with Crippen molar-refractivity contribution in [3.8, 4) is 16.3 Å². The first-order valence-corrected chi connectivity index (χ1v) is 14.2. The van der Waals surface area contributed by atoms with E-state index in [1.165, 1.54) is 5.56 Å². The summed E-state index contributed by atoms with van der Waals surface area (Å²) in [6.45, 7) is 3.07. The van der Waals surface area contributed by atoms with Crippen LogP contribution >= 0.6 is 11.3 Å². The number of likely N-dealkylation sites (tertiary alicyclic amines) is 1. The Morgan fingerprint density at radius 3 is 2.63 bits per heavy atom. The van der Waals surface area contributed by atoms with Crippen molar-refractivity contribution in [2.75, 3.05) is 13.1 Å². The van der Waals surface area contributed by atoms with Crippen LogP contribution in [0.2, 0.25) is 0 Å². The van der Waals surface area contributed by atoms with Crippen LogP contribution in [-0.2, 0) is 7.05 Å². The molecule has 2 aliphatic rings. The molecule has 38 heavy (non-hydrogen) atoms. The zero-order valence-corrected chi connectivity index (χ0v) is 22.6. The minimum Gasteiger partial charge on any atom is -0.393 e. The Balaban J connectivity index is 1.18. The maximum absolute atomic E-state index is 13.9. The first kappa shape index (κ1) is 24.7. The minimum atomic E-state index is -0.515. The second kappa shape index (κ2) is 10.3. The molecule has 196 valence electrons. The summed E-state index contributed by atoms with van der Waals surface area (Å²) in [5, 5.41) is 4.99. The lowest BCUT2D eigenvalue weighted by Gasteiger charge is -2.35. The zero-order chi connectivity index (χ0) is 26.2. The lowest BCUT2D eigenvalue weighted by molar-refractivity contribution is 0.0607. The fraction of sp³-hybridized carbons (Fsp3) is 0.367. The van der Waals surface area contributed by atoms with E-state index in [-0.39, 0.29) is 11.9 Å². The molecule has 6 rings (SSSR count). The van der Waals surface area contributed by atoms with E-state index in [0.717, 1.165) is 58.5 Å². The Bertz CT molecular complexity index is 1490. The summed E-state index contributed by atoms with van der Waals surface area (Å²) in [6, 6.07) is 18.0. The molecule has 8 heteroatoms. The largest absolute Gasteiger partial charge is 0.413 e. The molecule has 3 heterocycles. The van der Waals surface area contributed by atoms with Gasteiger partial charge in [0, 0.05) is 43.5 Å². The van der Waals surface area contributed by atoms with Crippen LogP contribution in [0.1, 0.15) is 59.1 Å². The second-order valence-corrected chi connectivity index (χ2v) is 11.4. The van der Waals surface area contributed by atoms with Gasteiger partial charge in [-0.05, 0) is 50.7 Å². The van der Waals surface area contributed by atoms with E-state index in [1.54, 1.807) is 11.3 Å². The van der Waals surface area contributed by atoms with Crippen molar-refractivity contribution in [1.29, 1.82) is 0 Å². The third-order valence-electron chi connectivity index (χ3n) is 7.56. The average molecular weight is 529 g/mol. The standard InChI is InChI=1S/C30H32N4O3S/c1-19-10-12-20(13-11-19)27-26(32-28(38-27)21-14-15-21)29(35)34-16-6-5-8-23(34)18-31-30(36)37-25-17-22-7-3-4-9-24(22)33(25)2/h3-4,7,9-13,17,21,23H,5-6,8,14-16,18H2,1-2H3,(H,31,36)/t23-/m0/s1. The number of aryl methyl sites for hydroxylation is 2. The van der Waals surface area contributed by atoms with Crippen LogP contribution in [0.5, 0.6) is 5.88 Å². The monoisotopic (exact) mass is 528 g/mol. The summed E-state index contributed by atoms with van der Waals surface area (Å²) in [7, 11) is 1.88. The summed E-state index contributed by atoms with van der Waals surface area (Å²) in [5.41, 5.74) is 3.77. The maximum Gasteiger partial charge on any atom is 0.413 e. The predicted molar refractivity (Wildman–Crippen MR) is 150 cm³/mol. The maximum atomic E-state index is 13.9. The Labute approximate surface area is 226 Å². The van der Waals surface area contributed by atoms with Gasteiger partial charge in [0.25, 0.3) is 5.91 Å². The second-order valence-electron chi connectivity index (χ2n) is 10.4. The molecule has 0 radical (unpaired) electrons. The summed E-state index contributed by atoms with van der Waals surface area (Å²) in [4.78, 5) is 34.4. The van der Waals surface area contributed by atoms with Crippen LogP contribution in [0.3, 0.4) is 0 Å².